The van der Waals surface area contributed by atoms with Crippen LogP contribution in [-0.4, -0.2) is 35.7 Å². The predicted molar refractivity (Wildman–Crippen MR) is 116 cm³/mol. The Morgan fingerprint density at radius 1 is 1.03 bits per heavy atom. The molecule has 2 aromatic carbocycles. The summed E-state index contributed by atoms with van der Waals surface area (Å²) in [4.78, 5) is 41.0. The van der Waals surface area contributed by atoms with Crippen molar-refractivity contribution in [1.29, 1.82) is 0 Å². The van der Waals surface area contributed by atoms with Gasteiger partial charge in [-0.05, 0) is 48.6 Å². The molecule has 2 aliphatic heterocycles. The van der Waals surface area contributed by atoms with Gasteiger partial charge in [-0.1, -0.05) is 19.1 Å². The molecule has 2 heterocycles. The number of halogens is 2. The normalized spacial score (nSPS) is 19.1. The van der Waals surface area contributed by atoms with Crippen LogP contribution in [0.1, 0.15) is 32.3 Å². The van der Waals surface area contributed by atoms with Gasteiger partial charge in [-0.15, -0.1) is 0 Å². The number of carbonyl (C=O) groups is 3. The van der Waals surface area contributed by atoms with Crippen LogP contribution in [-0.2, 0) is 14.4 Å². The first kappa shape index (κ1) is 21.7. The first-order chi connectivity index (χ1) is 15.3. The fraction of sp³-hybridized carbons (Fsp3) is 0.292. The molecule has 3 amide bonds. The first-order valence-electron chi connectivity index (χ1n) is 10.5. The van der Waals surface area contributed by atoms with E-state index in [0.717, 1.165) is 29.9 Å². The molecule has 32 heavy (non-hydrogen) atoms. The van der Waals surface area contributed by atoms with Gasteiger partial charge in [-0.2, -0.15) is 0 Å². The fourth-order valence-electron chi connectivity index (χ4n) is 4.25. The zero-order valence-electron chi connectivity index (χ0n) is 17.8. The maximum Gasteiger partial charge on any atom is 0.282 e. The minimum atomic E-state index is -1.13. The van der Waals surface area contributed by atoms with Crippen molar-refractivity contribution >= 4 is 34.7 Å². The lowest BCUT2D eigenvalue weighted by molar-refractivity contribution is -0.121. The smallest absolute Gasteiger partial charge is 0.282 e. The second kappa shape index (κ2) is 8.53. The summed E-state index contributed by atoms with van der Waals surface area (Å²) in [5.74, 6) is -3.22. The van der Waals surface area contributed by atoms with E-state index in [1.807, 2.05) is 4.90 Å². The van der Waals surface area contributed by atoms with Crippen LogP contribution in [0.5, 0.6) is 0 Å². The lowest BCUT2D eigenvalue weighted by Crippen LogP contribution is -2.39. The average Bonchev–Trinajstić information content (AvgIpc) is 3.00. The van der Waals surface area contributed by atoms with Gasteiger partial charge in [-0.3, -0.25) is 14.4 Å². The van der Waals surface area contributed by atoms with E-state index in [4.69, 9.17) is 0 Å². The Hall–Kier alpha value is -3.55. The molecule has 1 fully saturated rings. The molecule has 2 aromatic rings. The molecule has 1 N–H and O–H groups in total. The first-order valence-corrected chi connectivity index (χ1v) is 10.5. The van der Waals surface area contributed by atoms with Gasteiger partial charge >= 0.3 is 0 Å². The van der Waals surface area contributed by atoms with Gasteiger partial charge in [0.25, 0.3) is 11.8 Å². The standard InChI is InChI=1S/C24H23F2N3O3/c1-14-4-3-11-28(13-14)22-21(16-5-7-17(8-6-16)27-15(2)30)23(31)29(24(22)32)18-9-10-19(25)20(26)12-18/h5-10,12,14H,3-4,11,13H2,1-2H3,(H,27,30). The molecular formula is C24H23F2N3O3. The maximum absolute atomic E-state index is 13.9. The van der Waals surface area contributed by atoms with Gasteiger partial charge in [0.15, 0.2) is 11.6 Å². The zero-order valence-corrected chi connectivity index (χ0v) is 17.8. The largest absolute Gasteiger partial charge is 0.366 e. The van der Waals surface area contributed by atoms with Crippen molar-refractivity contribution in [3.05, 3.63) is 65.4 Å². The molecule has 0 aromatic heterocycles. The number of hydrogen-bond acceptors (Lipinski definition) is 4. The van der Waals surface area contributed by atoms with E-state index >= 15 is 0 Å². The topological polar surface area (TPSA) is 69.7 Å². The van der Waals surface area contributed by atoms with Crippen LogP contribution in [0.3, 0.4) is 0 Å². The lowest BCUT2D eigenvalue weighted by Gasteiger charge is -2.33. The Labute approximate surface area is 184 Å². The second-order valence-corrected chi connectivity index (χ2v) is 8.22. The van der Waals surface area contributed by atoms with E-state index in [1.165, 1.54) is 13.0 Å². The van der Waals surface area contributed by atoms with Gasteiger partial charge in [-0.25, -0.2) is 13.7 Å². The summed E-state index contributed by atoms with van der Waals surface area (Å²) < 4.78 is 27.3. The van der Waals surface area contributed by atoms with Crippen LogP contribution < -0.4 is 10.2 Å². The molecule has 166 valence electrons. The molecule has 1 saturated heterocycles. The molecule has 0 bridgehead atoms. The second-order valence-electron chi connectivity index (χ2n) is 8.22. The third-order valence-corrected chi connectivity index (χ3v) is 5.69. The van der Waals surface area contributed by atoms with Gasteiger partial charge < -0.3 is 10.2 Å². The van der Waals surface area contributed by atoms with Crippen LogP contribution in [0.25, 0.3) is 5.57 Å². The molecule has 0 saturated carbocycles. The molecule has 2 aliphatic rings. The molecule has 6 nitrogen and oxygen atoms in total. The van der Waals surface area contributed by atoms with Gasteiger partial charge in [0.05, 0.1) is 11.3 Å². The number of benzene rings is 2. The quantitative estimate of drug-likeness (QED) is 0.733. The highest BCUT2D eigenvalue weighted by atomic mass is 19.2. The van der Waals surface area contributed by atoms with Crippen molar-refractivity contribution in [2.24, 2.45) is 5.92 Å². The highest BCUT2D eigenvalue weighted by Crippen LogP contribution is 2.37. The van der Waals surface area contributed by atoms with Crippen LogP contribution in [0, 0.1) is 17.6 Å². The third-order valence-electron chi connectivity index (χ3n) is 5.69. The highest BCUT2D eigenvalue weighted by molar-refractivity contribution is 6.45. The van der Waals surface area contributed by atoms with Crippen LogP contribution in [0.15, 0.2) is 48.2 Å². The summed E-state index contributed by atoms with van der Waals surface area (Å²) >= 11 is 0. The SMILES string of the molecule is CC(=O)Nc1ccc(C2=C(N3CCCC(C)C3)C(=O)N(c3ccc(F)c(F)c3)C2=O)cc1. The minimum absolute atomic E-state index is 0.0219. The van der Waals surface area contributed by atoms with E-state index in [9.17, 15) is 23.2 Å². The molecule has 8 heteroatoms. The van der Waals surface area contributed by atoms with Crippen molar-refractivity contribution < 1.29 is 23.2 Å². The number of imide groups is 1. The number of nitrogens with one attached hydrogen (secondary N) is 1. The van der Waals surface area contributed by atoms with Crippen molar-refractivity contribution in [3.63, 3.8) is 0 Å². The van der Waals surface area contributed by atoms with Crippen molar-refractivity contribution in [1.82, 2.24) is 4.90 Å². The van der Waals surface area contributed by atoms with E-state index in [-0.39, 0.29) is 22.9 Å². The number of nitrogens with zero attached hydrogens (tertiary/aromatic N) is 2. The van der Waals surface area contributed by atoms with Crippen molar-refractivity contribution in [2.45, 2.75) is 26.7 Å². The number of anilines is 2. The number of amides is 3. The Kier molecular flexibility index (Phi) is 5.78. The van der Waals surface area contributed by atoms with E-state index in [0.29, 0.717) is 30.3 Å². The van der Waals surface area contributed by atoms with Gasteiger partial charge in [0.2, 0.25) is 5.91 Å². The Bertz CT molecular complexity index is 1130. The van der Waals surface area contributed by atoms with Gasteiger partial charge in [0.1, 0.15) is 5.70 Å². The van der Waals surface area contributed by atoms with E-state index in [2.05, 4.69) is 12.2 Å². The fourth-order valence-corrected chi connectivity index (χ4v) is 4.25. The van der Waals surface area contributed by atoms with Crippen molar-refractivity contribution in [2.75, 3.05) is 23.3 Å². The molecule has 0 aliphatic carbocycles. The number of piperidine rings is 1. The zero-order chi connectivity index (χ0) is 23.0. The summed E-state index contributed by atoms with van der Waals surface area (Å²) in [5.41, 5.74) is 1.52. The maximum atomic E-state index is 13.9. The number of hydrogen-bond donors (Lipinski definition) is 1. The number of rotatable bonds is 4. The Morgan fingerprint density at radius 2 is 1.75 bits per heavy atom. The average molecular weight is 439 g/mol. The molecule has 0 radical (unpaired) electrons. The van der Waals surface area contributed by atoms with Gasteiger partial charge in [0, 0.05) is 31.8 Å². The monoisotopic (exact) mass is 439 g/mol. The van der Waals surface area contributed by atoms with E-state index < -0.39 is 23.4 Å². The molecule has 4 rings (SSSR count). The number of carbonyl (C=O) groups excluding carboxylic acids is 3. The third kappa shape index (κ3) is 4.00. The number of likely N-dealkylation sites (tertiary alicyclic amines) is 1. The van der Waals surface area contributed by atoms with E-state index in [1.54, 1.807) is 24.3 Å². The van der Waals surface area contributed by atoms with Crippen molar-refractivity contribution in [3.8, 4) is 0 Å². The lowest BCUT2D eigenvalue weighted by atomic mass is 9.97. The summed E-state index contributed by atoms with van der Waals surface area (Å²) in [5, 5.41) is 2.66. The molecule has 1 unspecified atom stereocenters. The Balaban J connectivity index is 1.79. The molecule has 0 spiro atoms. The van der Waals surface area contributed by atoms with Crippen LogP contribution in [0.4, 0.5) is 20.2 Å². The highest BCUT2D eigenvalue weighted by Gasteiger charge is 2.43. The Morgan fingerprint density at radius 3 is 2.38 bits per heavy atom. The summed E-state index contributed by atoms with van der Waals surface area (Å²) in [6.07, 6.45) is 1.91. The van der Waals surface area contributed by atoms with Crippen LogP contribution >= 0.6 is 0 Å². The summed E-state index contributed by atoms with van der Waals surface area (Å²) in [6.45, 7) is 4.72. The molecular weight excluding hydrogens is 416 g/mol. The summed E-state index contributed by atoms with van der Waals surface area (Å²) in [7, 11) is 0. The predicted octanol–water partition coefficient (Wildman–Crippen LogP) is 3.94. The minimum Gasteiger partial charge on any atom is -0.366 e. The van der Waals surface area contributed by atoms with Crippen LogP contribution in [0.2, 0.25) is 0 Å². The summed E-state index contributed by atoms with van der Waals surface area (Å²) in [6, 6.07) is 9.59. The molecule has 1 atom stereocenters.